The first-order valence-corrected chi connectivity index (χ1v) is 4.31. The molecule has 0 aromatic carbocycles. The van der Waals surface area contributed by atoms with Crippen LogP contribution < -0.4 is 9.75 Å². The van der Waals surface area contributed by atoms with Gasteiger partial charge in [0.15, 0.2) is 0 Å². The van der Waals surface area contributed by atoms with Crippen LogP contribution in [0.1, 0.15) is 18.2 Å². The number of rotatable bonds is 1. The number of hydrogen-bond acceptors (Lipinski definition) is 1. The van der Waals surface area contributed by atoms with E-state index in [2.05, 4.69) is 32.6 Å². The van der Waals surface area contributed by atoms with E-state index in [9.17, 15) is 0 Å². The highest BCUT2D eigenvalue weighted by Gasteiger charge is 1.87. The van der Waals surface area contributed by atoms with Crippen molar-refractivity contribution < 1.29 is 0 Å². The van der Waals surface area contributed by atoms with Crippen molar-refractivity contribution in [2.75, 3.05) is 0 Å². The summed E-state index contributed by atoms with van der Waals surface area (Å²) in [5.41, 5.74) is 0. The SMILES string of the molecule is C=c1cc(C)s/c1=C/CC. The number of thiophene rings is 1. The molecular weight excluding hydrogens is 140 g/mol. The van der Waals surface area contributed by atoms with Gasteiger partial charge in [0.05, 0.1) is 0 Å². The molecule has 0 amide bonds. The third-order valence-corrected chi connectivity index (χ3v) is 2.44. The molecular formula is C9H12S. The first kappa shape index (κ1) is 7.55. The second-order valence-electron chi connectivity index (χ2n) is 2.36. The van der Waals surface area contributed by atoms with Crippen LogP contribution in [0.4, 0.5) is 0 Å². The molecule has 0 unspecified atom stereocenters. The highest BCUT2D eigenvalue weighted by Crippen LogP contribution is 1.94. The first-order chi connectivity index (χ1) is 4.74. The molecule has 0 saturated heterocycles. The molecule has 1 aromatic heterocycles. The second-order valence-corrected chi connectivity index (χ2v) is 3.65. The van der Waals surface area contributed by atoms with E-state index in [4.69, 9.17) is 0 Å². The molecule has 10 heavy (non-hydrogen) atoms. The van der Waals surface area contributed by atoms with E-state index < -0.39 is 0 Å². The largest absolute Gasteiger partial charge is 0.141 e. The van der Waals surface area contributed by atoms with Crippen LogP contribution in [0, 0.1) is 6.92 Å². The zero-order valence-electron chi connectivity index (χ0n) is 6.48. The molecule has 1 rings (SSSR count). The fourth-order valence-electron chi connectivity index (χ4n) is 0.943. The maximum atomic E-state index is 3.94. The van der Waals surface area contributed by atoms with E-state index in [-0.39, 0.29) is 0 Å². The summed E-state index contributed by atoms with van der Waals surface area (Å²) >= 11 is 1.82. The van der Waals surface area contributed by atoms with Gasteiger partial charge in [-0.3, -0.25) is 0 Å². The summed E-state index contributed by atoms with van der Waals surface area (Å²) in [5, 5.41) is 1.17. The average Bonchev–Trinajstić information content (AvgIpc) is 2.13. The summed E-state index contributed by atoms with van der Waals surface area (Å²) in [6, 6.07) is 2.13. The highest BCUT2D eigenvalue weighted by molar-refractivity contribution is 7.09. The van der Waals surface area contributed by atoms with Crippen LogP contribution in [-0.2, 0) is 0 Å². The van der Waals surface area contributed by atoms with Gasteiger partial charge < -0.3 is 0 Å². The summed E-state index contributed by atoms with van der Waals surface area (Å²) in [4.78, 5) is 1.35. The molecule has 1 heteroatoms. The monoisotopic (exact) mass is 152 g/mol. The average molecular weight is 152 g/mol. The van der Waals surface area contributed by atoms with Crippen molar-refractivity contribution in [1.29, 1.82) is 0 Å². The fraction of sp³-hybridized carbons (Fsp3) is 0.333. The van der Waals surface area contributed by atoms with E-state index in [1.165, 1.54) is 14.6 Å². The van der Waals surface area contributed by atoms with Gasteiger partial charge in [-0.2, -0.15) is 0 Å². The van der Waals surface area contributed by atoms with Gasteiger partial charge in [0, 0.05) is 9.41 Å². The predicted molar refractivity (Wildman–Crippen MR) is 48.6 cm³/mol. The maximum Gasteiger partial charge on any atom is 0.0299 e. The molecule has 0 spiro atoms. The smallest absolute Gasteiger partial charge is 0.0299 e. The molecule has 0 atom stereocenters. The van der Waals surface area contributed by atoms with Crippen molar-refractivity contribution >= 4 is 24.0 Å². The summed E-state index contributed by atoms with van der Waals surface area (Å²) in [6.45, 7) is 8.20. The van der Waals surface area contributed by atoms with E-state index in [0.29, 0.717) is 0 Å². The summed E-state index contributed by atoms with van der Waals surface area (Å²) < 4.78 is 1.33. The summed E-state index contributed by atoms with van der Waals surface area (Å²) in [5.74, 6) is 0. The van der Waals surface area contributed by atoms with Crippen LogP contribution >= 0.6 is 11.3 Å². The molecule has 1 aromatic rings. The second kappa shape index (κ2) is 3.02. The Morgan fingerprint density at radius 2 is 2.40 bits per heavy atom. The minimum absolute atomic E-state index is 1.10. The molecule has 0 bridgehead atoms. The standard InChI is InChI=1S/C9H12S/c1-4-5-9-7(2)6-8(3)10-9/h5-6H,2,4H2,1,3H3/b9-5+. The quantitative estimate of drug-likeness (QED) is 0.574. The molecule has 0 aliphatic heterocycles. The van der Waals surface area contributed by atoms with Crippen molar-refractivity contribution in [2.45, 2.75) is 20.3 Å². The first-order valence-electron chi connectivity index (χ1n) is 3.49. The summed E-state index contributed by atoms with van der Waals surface area (Å²) in [7, 11) is 0. The van der Waals surface area contributed by atoms with Crippen molar-refractivity contribution in [3.63, 3.8) is 0 Å². The molecule has 54 valence electrons. The predicted octanol–water partition coefficient (Wildman–Crippen LogP) is 1.66. The normalized spacial score (nSPS) is 12.4. The molecule has 0 fully saturated rings. The van der Waals surface area contributed by atoms with E-state index >= 15 is 0 Å². The lowest BCUT2D eigenvalue weighted by Crippen LogP contribution is -2.14. The molecule has 0 radical (unpaired) electrons. The van der Waals surface area contributed by atoms with Gasteiger partial charge in [-0.1, -0.05) is 19.6 Å². The topological polar surface area (TPSA) is 0 Å². The summed E-state index contributed by atoms with van der Waals surface area (Å²) in [6.07, 6.45) is 3.32. The van der Waals surface area contributed by atoms with Crippen molar-refractivity contribution in [3.05, 3.63) is 20.7 Å². The van der Waals surface area contributed by atoms with Crippen molar-refractivity contribution in [3.8, 4) is 0 Å². The molecule has 0 aliphatic rings. The third-order valence-electron chi connectivity index (χ3n) is 1.35. The minimum Gasteiger partial charge on any atom is -0.141 e. The van der Waals surface area contributed by atoms with Gasteiger partial charge in [0.1, 0.15) is 0 Å². The molecule has 0 N–H and O–H groups in total. The van der Waals surface area contributed by atoms with Crippen molar-refractivity contribution in [2.24, 2.45) is 0 Å². The van der Waals surface area contributed by atoms with E-state index in [1.54, 1.807) is 0 Å². The zero-order chi connectivity index (χ0) is 7.56. The Hall–Kier alpha value is -0.560. The Bertz CT molecular complexity index is 306. The molecule has 1 heterocycles. The van der Waals surface area contributed by atoms with Gasteiger partial charge in [-0.15, -0.1) is 11.3 Å². The molecule has 0 nitrogen and oxygen atoms in total. The number of aryl methyl sites for hydroxylation is 1. The van der Waals surface area contributed by atoms with Crippen LogP contribution in [-0.4, -0.2) is 0 Å². The van der Waals surface area contributed by atoms with Gasteiger partial charge in [-0.25, -0.2) is 0 Å². The maximum absolute atomic E-state index is 3.94. The lowest BCUT2D eigenvalue weighted by molar-refractivity contribution is 1.29. The van der Waals surface area contributed by atoms with Crippen LogP contribution in [0.5, 0.6) is 0 Å². The van der Waals surface area contributed by atoms with Crippen LogP contribution in [0.25, 0.3) is 12.7 Å². The third kappa shape index (κ3) is 1.48. The van der Waals surface area contributed by atoms with Gasteiger partial charge >= 0.3 is 0 Å². The Morgan fingerprint density at radius 3 is 2.80 bits per heavy atom. The van der Waals surface area contributed by atoms with Crippen LogP contribution in [0.3, 0.4) is 0 Å². The molecule has 0 aliphatic carbocycles. The highest BCUT2D eigenvalue weighted by atomic mass is 32.1. The Balaban J connectivity index is 3.29. The lowest BCUT2D eigenvalue weighted by Gasteiger charge is -1.74. The molecule has 0 saturated carbocycles. The van der Waals surface area contributed by atoms with Crippen LogP contribution in [0.2, 0.25) is 0 Å². The van der Waals surface area contributed by atoms with E-state index in [1.807, 2.05) is 11.3 Å². The zero-order valence-corrected chi connectivity index (χ0v) is 7.29. The fourth-order valence-corrected chi connectivity index (χ4v) is 1.93. The van der Waals surface area contributed by atoms with Gasteiger partial charge in [0.2, 0.25) is 0 Å². The minimum atomic E-state index is 1.10. The Labute approximate surface area is 65.5 Å². The number of hydrogen-bond donors (Lipinski definition) is 0. The Kier molecular flexibility index (Phi) is 2.28. The lowest BCUT2D eigenvalue weighted by atomic mass is 10.4. The van der Waals surface area contributed by atoms with Crippen LogP contribution in [0.15, 0.2) is 6.07 Å². The van der Waals surface area contributed by atoms with Gasteiger partial charge in [0.25, 0.3) is 0 Å². The Morgan fingerprint density at radius 1 is 1.70 bits per heavy atom. The van der Waals surface area contributed by atoms with Crippen molar-refractivity contribution in [1.82, 2.24) is 0 Å². The van der Waals surface area contributed by atoms with E-state index in [0.717, 1.165) is 6.42 Å². The van der Waals surface area contributed by atoms with Gasteiger partial charge in [-0.05, 0) is 24.6 Å².